The predicted octanol–water partition coefficient (Wildman–Crippen LogP) is 1.61. The van der Waals surface area contributed by atoms with Gasteiger partial charge in [-0.1, -0.05) is 0 Å². The summed E-state index contributed by atoms with van der Waals surface area (Å²) >= 11 is 0. The van der Waals surface area contributed by atoms with Crippen molar-refractivity contribution in [2.75, 3.05) is 32.1 Å². The lowest BCUT2D eigenvalue weighted by Gasteiger charge is -2.43. The topological polar surface area (TPSA) is 90.4 Å². The van der Waals surface area contributed by atoms with E-state index in [1.165, 1.54) is 12.0 Å². The summed E-state index contributed by atoms with van der Waals surface area (Å²) in [5.41, 5.74) is 0.511. The van der Waals surface area contributed by atoms with Crippen LogP contribution in [0.3, 0.4) is 0 Å². The van der Waals surface area contributed by atoms with Gasteiger partial charge < -0.3 is 24.5 Å². The number of hydrogen-bond acceptors (Lipinski definition) is 5. The Balaban J connectivity index is 1.94. The highest BCUT2D eigenvalue weighted by Gasteiger charge is 2.56. The summed E-state index contributed by atoms with van der Waals surface area (Å²) < 4.78 is 4.72. The second-order valence-electron chi connectivity index (χ2n) is 6.76. The highest BCUT2D eigenvalue weighted by atomic mass is 16.5. The first-order valence-corrected chi connectivity index (χ1v) is 8.54. The van der Waals surface area contributed by atoms with Crippen molar-refractivity contribution in [3.8, 4) is 0 Å². The Kier molecular flexibility index (Phi) is 4.52. The van der Waals surface area contributed by atoms with Gasteiger partial charge in [-0.25, -0.2) is 9.59 Å². The Labute approximate surface area is 151 Å². The van der Waals surface area contributed by atoms with Crippen LogP contribution in [0.2, 0.25) is 0 Å². The van der Waals surface area contributed by atoms with E-state index in [0.29, 0.717) is 31.5 Å². The van der Waals surface area contributed by atoms with Crippen LogP contribution in [0.25, 0.3) is 0 Å². The van der Waals surface area contributed by atoms with Gasteiger partial charge in [0.2, 0.25) is 5.91 Å². The minimum Gasteiger partial charge on any atom is -0.465 e. The minimum absolute atomic E-state index is 0.00656. The first-order valence-electron chi connectivity index (χ1n) is 8.54. The molecule has 2 amide bonds. The largest absolute Gasteiger partial charge is 0.465 e. The average molecular weight is 361 g/mol. The van der Waals surface area contributed by atoms with Crippen molar-refractivity contribution in [3.63, 3.8) is 0 Å². The molecule has 3 rings (SSSR count). The van der Waals surface area contributed by atoms with E-state index in [0.717, 1.165) is 5.69 Å². The Bertz CT molecular complexity index is 725. The lowest BCUT2D eigenvalue weighted by Crippen LogP contribution is -2.57. The van der Waals surface area contributed by atoms with E-state index < -0.39 is 17.6 Å². The van der Waals surface area contributed by atoms with Gasteiger partial charge in [0.05, 0.1) is 12.7 Å². The third-order valence-corrected chi connectivity index (χ3v) is 5.54. The van der Waals surface area contributed by atoms with Crippen molar-refractivity contribution >= 4 is 23.7 Å². The molecule has 0 saturated carbocycles. The number of hydrogen-bond donors (Lipinski definition) is 1. The molecular weight excluding hydrogens is 338 g/mol. The van der Waals surface area contributed by atoms with Crippen molar-refractivity contribution in [3.05, 3.63) is 29.8 Å². The number of anilines is 1. The molecular formula is C18H23N3O5. The van der Waals surface area contributed by atoms with Crippen LogP contribution < -0.4 is 4.90 Å². The Morgan fingerprint density at radius 1 is 1.19 bits per heavy atom. The van der Waals surface area contributed by atoms with Crippen LogP contribution in [0.5, 0.6) is 0 Å². The van der Waals surface area contributed by atoms with E-state index in [1.807, 2.05) is 6.92 Å². The molecule has 2 heterocycles. The molecule has 0 aliphatic carbocycles. The van der Waals surface area contributed by atoms with Gasteiger partial charge in [-0.3, -0.25) is 4.79 Å². The molecule has 8 heteroatoms. The van der Waals surface area contributed by atoms with Crippen LogP contribution in [0.4, 0.5) is 10.5 Å². The molecule has 140 valence electrons. The Morgan fingerprint density at radius 2 is 1.77 bits per heavy atom. The maximum Gasteiger partial charge on any atom is 0.407 e. The molecule has 2 saturated heterocycles. The fraction of sp³-hybridized carbons (Fsp3) is 0.500. The molecule has 1 unspecified atom stereocenters. The van der Waals surface area contributed by atoms with Gasteiger partial charge in [-0.2, -0.15) is 0 Å². The van der Waals surface area contributed by atoms with Crippen molar-refractivity contribution in [2.24, 2.45) is 0 Å². The standard InChI is InChI=1S/C18H23N3O5/c1-12-19(2)16(23)18(8-10-20(11-9-18)17(24)25)21(12)14-6-4-13(5-7-14)15(22)26-3/h4-7,12H,8-11H2,1-3H3,(H,24,25). The third kappa shape index (κ3) is 2.65. The van der Waals surface area contributed by atoms with Crippen molar-refractivity contribution < 1.29 is 24.2 Å². The second kappa shape index (κ2) is 6.51. The lowest BCUT2D eigenvalue weighted by molar-refractivity contribution is -0.133. The number of carboxylic acid groups (broad SMARTS) is 1. The van der Waals surface area contributed by atoms with E-state index in [4.69, 9.17) is 4.74 Å². The van der Waals surface area contributed by atoms with E-state index >= 15 is 0 Å². The zero-order chi connectivity index (χ0) is 19.1. The maximum atomic E-state index is 13.0. The number of rotatable bonds is 2. The molecule has 0 bridgehead atoms. The zero-order valence-corrected chi connectivity index (χ0v) is 15.1. The quantitative estimate of drug-likeness (QED) is 0.805. The molecule has 2 aliphatic heterocycles. The molecule has 2 aliphatic rings. The third-order valence-electron chi connectivity index (χ3n) is 5.54. The number of nitrogens with zero attached hydrogens (tertiary/aromatic N) is 3. The van der Waals surface area contributed by atoms with Crippen LogP contribution in [0.15, 0.2) is 24.3 Å². The summed E-state index contributed by atoms with van der Waals surface area (Å²) in [4.78, 5) is 41.0. The number of esters is 1. The maximum absolute atomic E-state index is 13.0. The van der Waals surface area contributed by atoms with Gasteiger partial charge in [-0.05, 0) is 44.0 Å². The summed E-state index contributed by atoms with van der Waals surface area (Å²) in [6.45, 7) is 2.58. The average Bonchev–Trinajstić information content (AvgIpc) is 2.83. The number of benzene rings is 1. The van der Waals surface area contributed by atoms with Crippen LogP contribution >= 0.6 is 0 Å². The first-order chi connectivity index (χ1) is 12.3. The monoisotopic (exact) mass is 361 g/mol. The lowest BCUT2D eigenvalue weighted by atomic mass is 9.85. The fourth-order valence-electron chi connectivity index (χ4n) is 3.99. The Hall–Kier alpha value is -2.77. The van der Waals surface area contributed by atoms with Crippen LogP contribution in [-0.2, 0) is 9.53 Å². The SMILES string of the molecule is COC(=O)c1ccc(N2C(C)N(C)C(=O)C23CCN(C(=O)O)CC3)cc1. The van der Waals surface area contributed by atoms with Gasteiger partial charge in [0.15, 0.2) is 0 Å². The zero-order valence-electron chi connectivity index (χ0n) is 15.1. The van der Waals surface area contributed by atoms with Crippen LogP contribution in [0.1, 0.15) is 30.1 Å². The summed E-state index contributed by atoms with van der Waals surface area (Å²) in [5, 5.41) is 9.20. The number of amides is 2. The number of ether oxygens (including phenoxy) is 1. The first kappa shape index (κ1) is 18.0. The molecule has 1 aromatic carbocycles. The smallest absolute Gasteiger partial charge is 0.407 e. The molecule has 1 spiro atoms. The molecule has 26 heavy (non-hydrogen) atoms. The van der Waals surface area contributed by atoms with Gasteiger partial charge >= 0.3 is 12.1 Å². The molecule has 0 aromatic heterocycles. The van der Waals surface area contributed by atoms with Crippen molar-refractivity contribution in [1.29, 1.82) is 0 Å². The van der Waals surface area contributed by atoms with Crippen LogP contribution in [-0.4, -0.2) is 71.8 Å². The molecule has 1 aromatic rings. The molecule has 1 atom stereocenters. The molecule has 2 fully saturated rings. The normalized spacial score (nSPS) is 22.0. The highest BCUT2D eigenvalue weighted by Crippen LogP contribution is 2.42. The van der Waals surface area contributed by atoms with Gasteiger partial charge in [0.1, 0.15) is 11.7 Å². The molecule has 8 nitrogen and oxygen atoms in total. The number of carbonyl (C=O) groups excluding carboxylic acids is 2. The number of methoxy groups -OCH3 is 1. The van der Waals surface area contributed by atoms with Gasteiger partial charge in [0.25, 0.3) is 0 Å². The summed E-state index contributed by atoms with van der Waals surface area (Å²) in [6, 6.07) is 6.97. The van der Waals surface area contributed by atoms with E-state index in [1.54, 1.807) is 36.2 Å². The number of likely N-dealkylation sites (tertiary alicyclic amines) is 1. The van der Waals surface area contributed by atoms with Crippen LogP contribution in [0, 0.1) is 0 Å². The number of piperidine rings is 1. The summed E-state index contributed by atoms with van der Waals surface area (Å²) in [5.74, 6) is -0.407. The van der Waals surface area contributed by atoms with Gasteiger partial charge in [0, 0.05) is 25.8 Å². The van der Waals surface area contributed by atoms with Gasteiger partial charge in [-0.15, -0.1) is 0 Å². The minimum atomic E-state index is -0.958. The number of carbonyl (C=O) groups is 3. The fourth-order valence-corrected chi connectivity index (χ4v) is 3.99. The number of likely N-dealkylation sites (N-methyl/N-ethyl adjacent to an activating group) is 1. The molecule has 1 N–H and O–H groups in total. The van der Waals surface area contributed by atoms with E-state index in [-0.39, 0.29) is 12.1 Å². The Morgan fingerprint density at radius 3 is 2.27 bits per heavy atom. The highest BCUT2D eigenvalue weighted by molar-refractivity contribution is 5.95. The van der Waals surface area contributed by atoms with E-state index in [9.17, 15) is 19.5 Å². The van der Waals surface area contributed by atoms with Crippen molar-refractivity contribution in [1.82, 2.24) is 9.80 Å². The second-order valence-corrected chi connectivity index (χ2v) is 6.76. The van der Waals surface area contributed by atoms with Crippen molar-refractivity contribution in [2.45, 2.75) is 31.5 Å². The summed E-state index contributed by atoms with van der Waals surface area (Å²) in [7, 11) is 3.10. The summed E-state index contributed by atoms with van der Waals surface area (Å²) in [6.07, 6.45) is -0.250. The van der Waals surface area contributed by atoms with E-state index in [2.05, 4.69) is 4.90 Å². The molecule has 0 radical (unpaired) electrons. The predicted molar refractivity (Wildman–Crippen MR) is 94.1 cm³/mol.